The normalized spacial score (nSPS) is 22.4. The molecule has 0 bridgehead atoms. The topological polar surface area (TPSA) is 111 Å². The van der Waals surface area contributed by atoms with Gasteiger partial charge in [0.25, 0.3) is 5.91 Å². The van der Waals surface area contributed by atoms with Gasteiger partial charge in [0, 0.05) is 19.4 Å². The van der Waals surface area contributed by atoms with Crippen LogP contribution in [-0.2, 0) is 16.0 Å². The van der Waals surface area contributed by atoms with Gasteiger partial charge < -0.3 is 20.5 Å². The molecule has 2 aliphatic rings. The lowest BCUT2D eigenvalue weighted by Gasteiger charge is -2.21. The van der Waals surface area contributed by atoms with E-state index in [1.54, 1.807) is 19.1 Å². The van der Waals surface area contributed by atoms with E-state index in [4.69, 9.17) is 15.2 Å². The number of hydrogen-bond donors (Lipinski definition) is 2. The number of hydrogen-bond acceptors (Lipinski definition) is 5. The Labute approximate surface area is 132 Å². The number of carbonyl (C=O) groups excluding carboxylic acids is 3. The minimum atomic E-state index is -1.07. The first-order chi connectivity index (χ1) is 10.9. The van der Waals surface area contributed by atoms with Crippen LogP contribution in [0.4, 0.5) is 4.79 Å². The Hall–Kier alpha value is -2.77. The standard InChI is InChI=1S/C15H17N3O5/c1-15(7-9-2-3-10-11(6-9)23-8-22-10)13(20)18(14(21)17-15)5-4-12(16)19/h2-3,6H,4-5,7-8H2,1H3,(H2,16,19)(H,17,21). The van der Waals surface area contributed by atoms with Gasteiger partial charge in [0.1, 0.15) is 5.54 Å². The maximum Gasteiger partial charge on any atom is 0.325 e. The lowest BCUT2D eigenvalue weighted by Crippen LogP contribution is -2.46. The van der Waals surface area contributed by atoms with E-state index in [-0.39, 0.29) is 25.7 Å². The second kappa shape index (κ2) is 5.45. The van der Waals surface area contributed by atoms with Crippen molar-refractivity contribution in [3.8, 4) is 11.5 Å². The number of nitrogens with one attached hydrogen (secondary N) is 1. The van der Waals surface area contributed by atoms with Gasteiger partial charge >= 0.3 is 6.03 Å². The molecule has 3 N–H and O–H groups in total. The van der Waals surface area contributed by atoms with Gasteiger partial charge in [-0.05, 0) is 24.6 Å². The number of primary amides is 1. The number of nitrogens with two attached hydrogens (primary N) is 1. The molecule has 1 fully saturated rings. The predicted molar refractivity (Wildman–Crippen MR) is 78.7 cm³/mol. The maximum atomic E-state index is 12.5. The van der Waals surface area contributed by atoms with Gasteiger partial charge in [-0.25, -0.2) is 4.79 Å². The summed E-state index contributed by atoms with van der Waals surface area (Å²) in [6.45, 7) is 1.81. The number of benzene rings is 1. The summed E-state index contributed by atoms with van der Waals surface area (Å²) in [5.41, 5.74) is 4.84. The third kappa shape index (κ3) is 2.79. The van der Waals surface area contributed by atoms with E-state index >= 15 is 0 Å². The molecule has 3 rings (SSSR count). The van der Waals surface area contributed by atoms with Crippen LogP contribution in [0.1, 0.15) is 18.9 Å². The number of imide groups is 1. The zero-order valence-corrected chi connectivity index (χ0v) is 12.6. The average molecular weight is 319 g/mol. The quantitative estimate of drug-likeness (QED) is 0.750. The molecule has 8 nitrogen and oxygen atoms in total. The number of urea groups is 1. The fourth-order valence-electron chi connectivity index (χ4n) is 2.75. The fourth-order valence-corrected chi connectivity index (χ4v) is 2.75. The Bertz CT molecular complexity index is 690. The Morgan fingerprint density at radius 3 is 2.83 bits per heavy atom. The highest BCUT2D eigenvalue weighted by Crippen LogP contribution is 2.34. The van der Waals surface area contributed by atoms with Crippen molar-refractivity contribution in [3.63, 3.8) is 0 Å². The molecule has 23 heavy (non-hydrogen) atoms. The highest BCUT2D eigenvalue weighted by atomic mass is 16.7. The summed E-state index contributed by atoms with van der Waals surface area (Å²) in [6, 6.07) is 4.87. The van der Waals surface area contributed by atoms with Crippen molar-refractivity contribution < 1.29 is 23.9 Å². The summed E-state index contributed by atoms with van der Waals surface area (Å²) in [6.07, 6.45) is 0.251. The molecule has 122 valence electrons. The van der Waals surface area contributed by atoms with Crippen LogP contribution in [0.25, 0.3) is 0 Å². The van der Waals surface area contributed by atoms with E-state index in [1.807, 2.05) is 6.07 Å². The van der Waals surface area contributed by atoms with E-state index in [0.29, 0.717) is 17.9 Å². The highest BCUT2D eigenvalue weighted by molar-refractivity contribution is 6.07. The van der Waals surface area contributed by atoms with Crippen LogP contribution in [0.2, 0.25) is 0 Å². The number of amides is 4. The number of nitrogens with zero attached hydrogens (tertiary/aromatic N) is 1. The molecule has 0 saturated carbocycles. The second-order valence-corrected chi connectivity index (χ2v) is 5.80. The molecule has 1 atom stereocenters. The molecule has 2 aliphatic heterocycles. The van der Waals surface area contributed by atoms with Crippen molar-refractivity contribution in [1.29, 1.82) is 0 Å². The fraction of sp³-hybridized carbons (Fsp3) is 0.400. The third-order valence-electron chi connectivity index (χ3n) is 3.92. The van der Waals surface area contributed by atoms with Crippen molar-refractivity contribution in [2.75, 3.05) is 13.3 Å². The van der Waals surface area contributed by atoms with Gasteiger partial charge in [0.2, 0.25) is 12.7 Å². The van der Waals surface area contributed by atoms with Crippen LogP contribution >= 0.6 is 0 Å². The first kappa shape index (κ1) is 15.1. The van der Waals surface area contributed by atoms with Crippen LogP contribution in [0, 0.1) is 0 Å². The number of rotatable bonds is 5. The Morgan fingerprint density at radius 2 is 2.09 bits per heavy atom. The van der Waals surface area contributed by atoms with Gasteiger partial charge in [-0.2, -0.15) is 0 Å². The SMILES string of the molecule is CC1(Cc2ccc3c(c2)OCO3)NC(=O)N(CCC(N)=O)C1=O. The lowest BCUT2D eigenvalue weighted by atomic mass is 9.92. The summed E-state index contributed by atoms with van der Waals surface area (Å²) in [4.78, 5) is 36.4. The largest absolute Gasteiger partial charge is 0.454 e. The average Bonchev–Trinajstić information content (AvgIpc) is 3.01. The second-order valence-electron chi connectivity index (χ2n) is 5.80. The third-order valence-corrected chi connectivity index (χ3v) is 3.92. The predicted octanol–water partition coefficient (Wildman–Crippen LogP) is 0.144. The highest BCUT2D eigenvalue weighted by Gasteiger charge is 2.47. The van der Waals surface area contributed by atoms with Gasteiger partial charge in [0.15, 0.2) is 11.5 Å². The van der Waals surface area contributed by atoms with Crippen molar-refractivity contribution >= 4 is 17.8 Å². The van der Waals surface area contributed by atoms with Crippen molar-refractivity contribution in [2.45, 2.75) is 25.3 Å². The molecule has 1 aromatic carbocycles. The first-order valence-electron chi connectivity index (χ1n) is 7.20. The smallest absolute Gasteiger partial charge is 0.325 e. The molecule has 0 aliphatic carbocycles. The Kier molecular flexibility index (Phi) is 3.59. The molecule has 4 amide bonds. The van der Waals surface area contributed by atoms with E-state index in [1.165, 1.54) is 0 Å². The van der Waals surface area contributed by atoms with Crippen LogP contribution in [0.3, 0.4) is 0 Å². The zero-order valence-electron chi connectivity index (χ0n) is 12.6. The van der Waals surface area contributed by atoms with Crippen molar-refractivity contribution in [3.05, 3.63) is 23.8 Å². The van der Waals surface area contributed by atoms with E-state index in [2.05, 4.69) is 5.32 Å². The Morgan fingerprint density at radius 1 is 1.35 bits per heavy atom. The maximum absolute atomic E-state index is 12.5. The van der Waals surface area contributed by atoms with Crippen molar-refractivity contribution in [2.24, 2.45) is 5.73 Å². The summed E-state index contributed by atoms with van der Waals surface area (Å²) in [7, 11) is 0. The first-order valence-corrected chi connectivity index (χ1v) is 7.20. The minimum Gasteiger partial charge on any atom is -0.454 e. The van der Waals surface area contributed by atoms with E-state index in [0.717, 1.165) is 10.5 Å². The molecule has 0 radical (unpaired) electrons. The molecule has 1 saturated heterocycles. The van der Waals surface area contributed by atoms with Crippen molar-refractivity contribution in [1.82, 2.24) is 10.2 Å². The zero-order chi connectivity index (χ0) is 16.6. The molecular formula is C15H17N3O5. The van der Waals surface area contributed by atoms with Gasteiger partial charge in [-0.1, -0.05) is 6.07 Å². The van der Waals surface area contributed by atoms with Gasteiger partial charge in [-0.15, -0.1) is 0 Å². The summed E-state index contributed by atoms with van der Waals surface area (Å²) < 4.78 is 10.6. The monoisotopic (exact) mass is 319 g/mol. The summed E-state index contributed by atoms with van der Waals surface area (Å²) >= 11 is 0. The van der Waals surface area contributed by atoms with Gasteiger partial charge in [0.05, 0.1) is 0 Å². The molecule has 1 unspecified atom stereocenters. The van der Waals surface area contributed by atoms with E-state index in [9.17, 15) is 14.4 Å². The number of fused-ring (bicyclic) bond motifs is 1. The number of ether oxygens (including phenoxy) is 2. The van der Waals surface area contributed by atoms with E-state index < -0.39 is 17.5 Å². The van der Waals surface area contributed by atoms with Crippen LogP contribution < -0.4 is 20.5 Å². The number of carbonyl (C=O) groups is 3. The summed E-state index contributed by atoms with van der Waals surface area (Å²) in [5.74, 6) is 0.341. The molecule has 1 aromatic rings. The molecule has 0 aromatic heterocycles. The van der Waals surface area contributed by atoms with Gasteiger partial charge in [-0.3, -0.25) is 14.5 Å². The molecular weight excluding hydrogens is 302 g/mol. The van der Waals surface area contributed by atoms with Crippen LogP contribution in [0.15, 0.2) is 18.2 Å². The van der Waals surface area contributed by atoms with Crippen LogP contribution in [-0.4, -0.2) is 41.6 Å². The lowest BCUT2D eigenvalue weighted by molar-refractivity contribution is -0.131. The summed E-state index contributed by atoms with van der Waals surface area (Å²) in [5, 5.41) is 2.68. The molecule has 2 heterocycles. The molecule has 8 heteroatoms. The minimum absolute atomic E-state index is 0.0171. The Balaban J connectivity index is 1.75. The van der Waals surface area contributed by atoms with Crippen LogP contribution in [0.5, 0.6) is 11.5 Å². The molecule has 0 spiro atoms.